The van der Waals surface area contributed by atoms with Gasteiger partial charge in [-0.3, -0.25) is 4.99 Å². The molecule has 0 aromatic rings. The lowest BCUT2D eigenvalue weighted by Crippen LogP contribution is -1.97. The number of hydrogen-bond donors (Lipinski definition) is 0. The SMILES string of the molecule is C1=NCC2=C1CCCC2. The zero-order valence-electron chi connectivity index (χ0n) is 5.56. The van der Waals surface area contributed by atoms with Crippen molar-refractivity contribution < 1.29 is 0 Å². The maximum Gasteiger partial charge on any atom is 0.0605 e. The molecule has 1 heteroatoms. The Morgan fingerprint density at radius 1 is 1.22 bits per heavy atom. The number of rotatable bonds is 0. The van der Waals surface area contributed by atoms with Gasteiger partial charge in [0.05, 0.1) is 6.54 Å². The average Bonchev–Trinajstić information content (AvgIpc) is 2.33. The molecule has 0 radical (unpaired) electrons. The van der Waals surface area contributed by atoms with Crippen molar-refractivity contribution in [2.75, 3.05) is 6.54 Å². The lowest BCUT2D eigenvalue weighted by atomic mass is 9.94. The molecule has 0 atom stereocenters. The van der Waals surface area contributed by atoms with Crippen LogP contribution in [-0.4, -0.2) is 12.8 Å². The van der Waals surface area contributed by atoms with Gasteiger partial charge in [-0.05, 0) is 36.8 Å². The molecule has 2 rings (SSSR count). The number of aliphatic imine (C=N–C) groups is 1. The topological polar surface area (TPSA) is 12.4 Å². The van der Waals surface area contributed by atoms with Crippen molar-refractivity contribution in [1.82, 2.24) is 0 Å². The highest BCUT2D eigenvalue weighted by molar-refractivity contribution is 5.82. The number of nitrogens with zero attached hydrogens (tertiary/aromatic N) is 1. The van der Waals surface area contributed by atoms with E-state index in [0.29, 0.717) is 0 Å². The van der Waals surface area contributed by atoms with Crippen molar-refractivity contribution >= 4 is 6.21 Å². The van der Waals surface area contributed by atoms with E-state index in [1.54, 1.807) is 11.1 Å². The van der Waals surface area contributed by atoms with Crippen molar-refractivity contribution in [1.29, 1.82) is 0 Å². The Kier molecular flexibility index (Phi) is 1.15. The number of allylic oxidation sites excluding steroid dienone is 1. The van der Waals surface area contributed by atoms with Gasteiger partial charge in [-0.15, -0.1) is 0 Å². The predicted octanol–water partition coefficient (Wildman–Crippen LogP) is 1.94. The first-order valence-corrected chi connectivity index (χ1v) is 3.67. The predicted molar refractivity (Wildman–Crippen MR) is 38.9 cm³/mol. The zero-order chi connectivity index (χ0) is 6.10. The van der Waals surface area contributed by atoms with E-state index < -0.39 is 0 Å². The van der Waals surface area contributed by atoms with E-state index in [1.807, 2.05) is 0 Å². The van der Waals surface area contributed by atoms with Crippen LogP contribution >= 0.6 is 0 Å². The fraction of sp³-hybridized carbons (Fsp3) is 0.625. The first kappa shape index (κ1) is 5.21. The molecule has 9 heavy (non-hydrogen) atoms. The maximum absolute atomic E-state index is 4.23. The second-order valence-corrected chi connectivity index (χ2v) is 2.81. The third-order valence-electron chi connectivity index (χ3n) is 2.16. The highest BCUT2D eigenvalue weighted by Gasteiger charge is 2.13. The Bertz CT molecular complexity index is 177. The van der Waals surface area contributed by atoms with E-state index in [-0.39, 0.29) is 0 Å². The molecule has 0 fully saturated rings. The molecule has 1 heterocycles. The molecule has 1 aliphatic heterocycles. The van der Waals surface area contributed by atoms with Gasteiger partial charge in [0.1, 0.15) is 0 Å². The van der Waals surface area contributed by atoms with Crippen LogP contribution in [0.3, 0.4) is 0 Å². The van der Waals surface area contributed by atoms with E-state index in [4.69, 9.17) is 0 Å². The van der Waals surface area contributed by atoms with Crippen molar-refractivity contribution in [2.24, 2.45) is 4.99 Å². The molecule has 1 aliphatic carbocycles. The molecule has 0 aromatic carbocycles. The molecule has 48 valence electrons. The normalized spacial score (nSPS) is 24.9. The summed E-state index contributed by atoms with van der Waals surface area (Å²) in [4.78, 5) is 4.23. The molecule has 2 aliphatic rings. The van der Waals surface area contributed by atoms with E-state index in [0.717, 1.165) is 6.54 Å². The van der Waals surface area contributed by atoms with Crippen LogP contribution in [0.2, 0.25) is 0 Å². The summed E-state index contributed by atoms with van der Waals surface area (Å²) in [6, 6.07) is 0. The van der Waals surface area contributed by atoms with Gasteiger partial charge >= 0.3 is 0 Å². The fourth-order valence-corrected chi connectivity index (χ4v) is 1.59. The Morgan fingerprint density at radius 3 is 3.00 bits per heavy atom. The lowest BCUT2D eigenvalue weighted by Gasteiger charge is -2.10. The minimum absolute atomic E-state index is 1.01. The molecule has 0 saturated heterocycles. The molecular formula is C8H11N. The van der Waals surface area contributed by atoms with Gasteiger partial charge in [-0.1, -0.05) is 0 Å². The number of hydrogen-bond acceptors (Lipinski definition) is 1. The van der Waals surface area contributed by atoms with Crippen LogP contribution < -0.4 is 0 Å². The van der Waals surface area contributed by atoms with Crippen LogP contribution in [-0.2, 0) is 0 Å². The highest BCUT2D eigenvalue weighted by atomic mass is 14.7. The van der Waals surface area contributed by atoms with E-state index >= 15 is 0 Å². The minimum atomic E-state index is 1.01. The fourth-order valence-electron chi connectivity index (χ4n) is 1.59. The van der Waals surface area contributed by atoms with Gasteiger partial charge in [0.25, 0.3) is 0 Å². The summed E-state index contributed by atoms with van der Waals surface area (Å²) in [6.07, 6.45) is 7.44. The summed E-state index contributed by atoms with van der Waals surface area (Å²) in [5.74, 6) is 0. The Morgan fingerprint density at radius 2 is 2.11 bits per heavy atom. The smallest absolute Gasteiger partial charge is 0.0605 e. The van der Waals surface area contributed by atoms with E-state index in [2.05, 4.69) is 11.2 Å². The van der Waals surface area contributed by atoms with Crippen molar-refractivity contribution in [2.45, 2.75) is 25.7 Å². The van der Waals surface area contributed by atoms with Crippen LogP contribution in [0.5, 0.6) is 0 Å². The maximum atomic E-state index is 4.23. The molecule has 0 unspecified atom stereocenters. The van der Waals surface area contributed by atoms with Crippen LogP contribution in [0.4, 0.5) is 0 Å². The first-order chi connectivity index (χ1) is 4.47. The molecule has 0 spiro atoms. The van der Waals surface area contributed by atoms with Crippen molar-refractivity contribution in [3.8, 4) is 0 Å². The van der Waals surface area contributed by atoms with Gasteiger partial charge in [-0.25, -0.2) is 0 Å². The highest BCUT2D eigenvalue weighted by Crippen LogP contribution is 2.26. The second kappa shape index (κ2) is 1.98. The van der Waals surface area contributed by atoms with Gasteiger partial charge in [-0.2, -0.15) is 0 Å². The second-order valence-electron chi connectivity index (χ2n) is 2.81. The van der Waals surface area contributed by atoms with Crippen LogP contribution in [0, 0.1) is 0 Å². The summed E-state index contributed by atoms with van der Waals surface area (Å²) < 4.78 is 0. The molecule has 1 nitrogen and oxygen atoms in total. The van der Waals surface area contributed by atoms with Crippen LogP contribution in [0.1, 0.15) is 25.7 Å². The van der Waals surface area contributed by atoms with E-state index in [9.17, 15) is 0 Å². The zero-order valence-corrected chi connectivity index (χ0v) is 5.56. The van der Waals surface area contributed by atoms with Gasteiger partial charge in [0.2, 0.25) is 0 Å². The Labute approximate surface area is 55.5 Å². The van der Waals surface area contributed by atoms with E-state index in [1.165, 1.54) is 25.7 Å². The minimum Gasteiger partial charge on any atom is -0.288 e. The third-order valence-corrected chi connectivity index (χ3v) is 2.16. The molecule has 0 saturated carbocycles. The monoisotopic (exact) mass is 121 g/mol. The standard InChI is InChI=1S/C8H11N/c1-2-4-8-6-9-5-7(8)3-1/h5H,1-4,6H2. The molecule has 0 bridgehead atoms. The van der Waals surface area contributed by atoms with Gasteiger partial charge in [0.15, 0.2) is 0 Å². The average molecular weight is 121 g/mol. The first-order valence-electron chi connectivity index (χ1n) is 3.67. The molecular weight excluding hydrogens is 110 g/mol. The third kappa shape index (κ3) is 0.805. The van der Waals surface area contributed by atoms with Crippen molar-refractivity contribution in [3.05, 3.63) is 11.1 Å². The quantitative estimate of drug-likeness (QED) is 0.464. The summed E-state index contributed by atoms with van der Waals surface area (Å²) in [5.41, 5.74) is 3.16. The van der Waals surface area contributed by atoms with Crippen LogP contribution in [0.25, 0.3) is 0 Å². The largest absolute Gasteiger partial charge is 0.288 e. The Balaban J connectivity index is 2.24. The van der Waals surface area contributed by atoms with Gasteiger partial charge in [0, 0.05) is 6.21 Å². The molecule has 0 amide bonds. The summed E-state index contributed by atoms with van der Waals surface area (Å²) in [7, 11) is 0. The van der Waals surface area contributed by atoms with Crippen molar-refractivity contribution in [3.63, 3.8) is 0 Å². The lowest BCUT2D eigenvalue weighted by molar-refractivity contribution is 0.688. The Hall–Kier alpha value is -0.590. The van der Waals surface area contributed by atoms with Gasteiger partial charge < -0.3 is 0 Å². The molecule has 0 N–H and O–H groups in total. The van der Waals surface area contributed by atoms with Crippen LogP contribution in [0.15, 0.2) is 16.1 Å². The molecule has 0 aromatic heterocycles. The summed E-state index contributed by atoms with van der Waals surface area (Å²) in [6.45, 7) is 1.01. The summed E-state index contributed by atoms with van der Waals surface area (Å²) in [5, 5.41) is 0. The summed E-state index contributed by atoms with van der Waals surface area (Å²) >= 11 is 0.